The van der Waals surface area contributed by atoms with Crippen LogP contribution in [-0.2, 0) is 6.54 Å². The van der Waals surface area contributed by atoms with Crippen molar-refractivity contribution in [1.29, 1.82) is 0 Å². The third-order valence-corrected chi connectivity index (χ3v) is 4.00. The predicted molar refractivity (Wildman–Crippen MR) is 77.3 cm³/mol. The molecule has 0 atom stereocenters. The van der Waals surface area contributed by atoms with Gasteiger partial charge in [0, 0.05) is 16.4 Å². The highest BCUT2D eigenvalue weighted by Gasteiger charge is 2.26. The van der Waals surface area contributed by atoms with Crippen LogP contribution < -0.4 is 5.32 Å². The van der Waals surface area contributed by atoms with Gasteiger partial charge in [0.05, 0.1) is 6.54 Å². The number of hydrogen-bond acceptors (Lipinski definition) is 2. The second-order valence-corrected chi connectivity index (χ2v) is 5.94. The number of halogens is 4. The van der Waals surface area contributed by atoms with E-state index in [0.717, 1.165) is 21.6 Å². The highest BCUT2D eigenvalue weighted by molar-refractivity contribution is 7.10. The molecule has 0 aliphatic carbocycles. The van der Waals surface area contributed by atoms with E-state index in [-0.39, 0.29) is 6.54 Å². The number of alkyl halides is 3. The molecule has 1 aromatic carbocycles. The molecule has 2 rings (SSSR count). The maximum Gasteiger partial charge on any atom is 0.401 e. The first kappa shape index (κ1) is 15.4. The Morgan fingerprint density at radius 2 is 2.05 bits per heavy atom. The summed E-state index contributed by atoms with van der Waals surface area (Å²) >= 11 is 7.49. The molecule has 108 valence electrons. The van der Waals surface area contributed by atoms with E-state index in [1.807, 2.05) is 30.5 Å². The van der Waals surface area contributed by atoms with Crippen molar-refractivity contribution in [1.82, 2.24) is 5.32 Å². The second-order valence-electron chi connectivity index (χ2n) is 4.42. The van der Waals surface area contributed by atoms with Crippen LogP contribution in [0.25, 0.3) is 11.1 Å². The molecule has 1 aromatic heterocycles. The van der Waals surface area contributed by atoms with E-state index < -0.39 is 12.7 Å². The molecule has 0 saturated carbocycles. The van der Waals surface area contributed by atoms with Crippen molar-refractivity contribution < 1.29 is 13.2 Å². The average Bonchev–Trinajstić information content (AvgIpc) is 2.69. The molecule has 20 heavy (non-hydrogen) atoms. The number of nitrogens with one attached hydrogen (secondary N) is 1. The minimum absolute atomic E-state index is 0.186. The molecular weight excluding hydrogens is 307 g/mol. The van der Waals surface area contributed by atoms with Gasteiger partial charge in [-0.1, -0.05) is 23.7 Å². The molecule has 0 aliphatic heterocycles. The van der Waals surface area contributed by atoms with Crippen LogP contribution in [0.2, 0.25) is 5.02 Å². The number of aryl methyl sites for hydroxylation is 1. The van der Waals surface area contributed by atoms with E-state index in [2.05, 4.69) is 5.32 Å². The molecule has 0 spiro atoms. The number of rotatable bonds is 4. The molecule has 6 heteroatoms. The lowest BCUT2D eigenvalue weighted by Gasteiger charge is -2.10. The van der Waals surface area contributed by atoms with Crippen molar-refractivity contribution >= 4 is 22.9 Å². The first-order valence-corrected chi connectivity index (χ1v) is 7.23. The van der Waals surface area contributed by atoms with E-state index >= 15 is 0 Å². The fourth-order valence-corrected chi connectivity index (χ4v) is 3.08. The molecule has 0 amide bonds. The van der Waals surface area contributed by atoms with Crippen LogP contribution in [0.4, 0.5) is 13.2 Å². The Hall–Kier alpha value is -1.04. The van der Waals surface area contributed by atoms with E-state index in [0.29, 0.717) is 5.02 Å². The van der Waals surface area contributed by atoms with Crippen molar-refractivity contribution in [2.45, 2.75) is 19.6 Å². The molecule has 0 bridgehead atoms. The maximum absolute atomic E-state index is 12.2. The van der Waals surface area contributed by atoms with Crippen molar-refractivity contribution in [3.05, 3.63) is 45.1 Å². The second kappa shape index (κ2) is 6.16. The zero-order chi connectivity index (χ0) is 14.8. The Kier molecular flexibility index (Phi) is 4.73. The summed E-state index contributed by atoms with van der Waals surface area (Å²) in [5.74, 6) is 0. The third-order valence-electron chi connectivity index (χ3n) is 2.81. The summed E-state index contributed by atoms with van der Waals surface area (Å²) in [5.41, 5.74) is 2.76. The Morgan fingerprint density at radius 1 is 1.30 bits per heavy atom. The zero-order valence-electron chi connectivity index (χ0n) is 10.7. The largest absolute Gasteiger partial charge is 0.401 e. The molecule has 2 aromatic rings. The van der Waals surface area contributed by atoms with Crippen molar-refractivity contribution in [3.8, 4) is 11.1 Å². The van der Waals surface area contributed by atoms with E-state index in [9.17, 15) is 13.2 Å². The molecule has 0 radical (unpaired) electrons. The van der Waals surface area contributed by atoms with Crippen LogP contribution in [0.5, 0.6) is 0 Å². The lowest BCUT2D eigenvalue weighted by atomic mass is 10.0. The summed E-state index contributed by atoms with van der Waals surface area (Å²) in [6, 6.07) is 7.34. The van der Waals surface area contributed by atoms with Gasteiger partial charge in [-0.25, -0.2) is 0 Å². The highest BCUT2D eigenvalue weighted by Crippen LogP contribution is 2.33. The van der Waals surface area contributed by atoms with Crippen LogP contribution in [0, 0.1) is 6.92 Å². The zero-order valence-corrected chi connectivity index (χ0v) is 12.3. The summed E-state index contributed by atoms with van der Waals surface area (Å²) in [4.78, 5) is 1.07. The smallest absolute Gasteiger partial charge is 0.305 e. The van der Waals surface area contributed by atoms with Gasteiger partial charge in [0.25, 0.3) is 0 Å². The lowest BCUT2D eigenvalue weighted by Crippen LogP contribution is -2.28. The Morgan fingerprint density at radius 3 is 2.70 bits per heavy atom. The first-order chi connectivity index (χ1) is 9.37. The first-order valence-electron chi connectivity index (χ1n) is 5.97. The van der Waals surface area contributed by atoms with Gasteiger partial charge in [-0.05, 0) is 41.1 Å². The topological polar surface area (TPSA) is 12.0 Å². The summed E-state index contributed by atoms with van der Waals surface area (Å²) < 4.78 is 36.5. The lowest BCUT2D eigenvalue weighted by molar-refractivity contribution is -0.125. The van der Waals surface area contributed by atoms with Gasteiger partial charge >= 0.3 is 6.18 Å². The minimum Gasteiger partial charge on any atom is -0.305 e. The highest BCUT2D eigenvalue weighted by atomic mass is 35.5. The monoisotopic (exact) mass is 319 g/mol. The van der Waals surface area contributed by atoms with E-state index in [4.69, 9.17) is 11.6 Å². The number of thiophene rings is 1. The fraction of sp³-hybridized carbons (Fsp3) is 0.286. The molecule has 1 heterocycles. The third kappa shape index (κ3) is 3.98. The van der Waals surface area contributed by atoms with E-state index in [1.165, 1.54) is 11.3 Å². The fourth-order valence-electron chi connectivity index (χ4n) is 2.01. The van der Waals surface area contributed by atoms with Crippen LogP contribution in [0.15, 0.2) is 29.6 Å². The molecule has 0 saturated heterocycles. The van der Waals surface area contributed by atoms with Gasteiger partial charge in [-0.3, -0.25) is 0 Å². The van der Waals surface area contributed by atoms with Gasteiger partial charge in [0.1, 0.15) is 0 Å². The minimum atomic E-state index is -4.19. The van der Waals surface area contributed by atoms with Crippen LogP contribution in [0.3, 0.4) is 0 Å². The van der Waals surface area contributed by atoms with Gasteiger partial charge in [-0.15, -0.1) is 11.3 Å². The molecule has 0 fully saturated rings. The molecule has 1 N–H and O–H groups in total. The Bertz CT molecular complexity index is 592. The van der Waals surface area contributed by atoms with Crippen molar-refractivity contribution in [3.63, 3.8) is 0 Å². The van der Waals surface area contributed by atoms with Gasteiger partial charge in [0.15, 0.2) is 0 Å². The summed E-state index contributed by atoms with van der Waals surface area (Å²) in [5, 5.41) is 4.93. The molecule has 0 unspecified atom stereocenters. The number of hydrogen-bond donors (Lipinski definition) is 1. The maximum atomic E-state index is 12.2. The van der Waals surface area contributed by atoms with Crippen LogP contribution >= 0.6 is 22.9 Å². The number of benzene rings is 1. The Labute approximate surface area is 124 Å². The SMILES string of the molecule is Cc1scc(CNCC(F)(F)F)c1-c1cccc(Cl)c1. The summed E-state index contributed by atoms with van der Waals surface area (Å²) in [7, 11) is 0. The normalized spacial score (nSPS) is 11.8. The van der Waals surface area contributed by atoms with Gasteiger partial charge in [-0.2, -0.15) is 13.2 Å². The summed E-state index contributed by atoms with van der Waals surface area (Å²) in [6.45, 7) is 1.15. The van der Waals surface area contributed by atoms with Gasteiger partial charge < -0.3 is 5.32 Å². The summed E-state index contributed by atoms with van der Waals surface area (Å²) in [6.07, 6.45) is -4.19. The quantitative estimate of drug-likeness (QED) is 0.833. The Balaban J connectivity index is 2.20. The molecule has 0 aliphatic rings. The van der Waals surface area contributed by atoms with E-state index in [1.54, 1.807) is 6.07 Å². The molecular formula is C14H13ClF3NS. The van der Waals surface area contributed by atoms with Crippen LogP contribution in [0.1, 0.15) is 10.4 Å². The van der Waals surface area contributed by atoms with Gasteiger partial charge in [0.2, 0.25) is 0 Å². The van der Waals surface area contributed by atoms with Crippen molar-refractivity contribution in [2.75, 3.05) is 6.54 Å². The standard InChI is InChI=1S/C14H13ClF3NS/c1-9-13(10-3-2-4-12(15)5-10)11(7-20-9)6-19-8-14(16,17)18/h2-5,7,19H,6,8H2,1H3. The van der Waals surface area contributed by atoms with Crippen LogP contribution in [-0.4, -0.2) is 12.7 Å². The van der Waals surface area contributed by atoms with Crippen molar-refractivity contribution in [2.24, 2.45) is 0 Å². The average molecular weight is 320 g/mol. The molecule has 1 nitrogen and oxygen atoms in total. The predicted octanol–water partition coefficient (Wildman–Crippen LogP) is 5.03.